The smallest absolute Gasteiger partial charge is 0.406 e. The van der Waals surface area contributed by atoms with E-state index in [9.17, 15) is 13.2 Å². The van der Waals surface area contributed by atoms with Gasteiger partial charge in [-0.1, -0.05) is 0 Å². The average Bonchev–Trinajstić information content (AvgIpc) is 3.29. The molecule has 0 saturated carbocycles. The minimum Gasteiger partial charge on any atom is -0.406 e. The number of halogens is 3. The van der Waals surface area contributed by atoms with Gasteiger partial charge >= 0.3 is 6.36 Å². The van der Waals surface area contributed by atoms with Crippen LogP contribution >= 0.6 is 0 Å². The van der Waals surface area contributed by atoms with E-state index in [1.807, 2.05) is 12.1 Å². The van der Waals surface area contributed by atoms with Crippen molar-refractivity contribution in [2.45, 2.75) is 12.9 Å². The highest BCUT2D eigenvalue weighted by Gasteiger charge is 2.31. The lowest BCUT2D eigenvalue weighted by Crippen LogP contribution is -2.17. The molecule has 0 radical (unpaired) electrons. The maximum absolute atomic E-state index is 12.3. The third-order valence-electron chi connectivity index (χ3n) is 3.94. The quantitative estimate of drug-likeness (QED) is 0.572. The van der Waals surface area contributed by atoms with Gasteiger partial charge in [0.05, 0.1) is 22.5 Å². The van der Waals surface area contributed by atoms with Crippen LogP contribution in [0.5, 0.6) is 5.75 Å². The zero-order valence-corrected chi connectivity index (χ0v) is 13.7. The first-order valence-electron chi connectivity index (χ1n) is 7.89. The van der Waals surface area contributed by atoms with Gasteiger partial charge in [0, 0.05) is 24.5 Å². The van der Waals surface area contributed by atoms with Gasteiger partial charge in [-0.05, 0) is 36.4 Å². The number of nitrogens with two attached hydrogens (primary N) is 1. The van der Waals surface area contributed by atoms with E-state index < -0.39 is 6.36 Å². The molecule has 0 spiro atoms. The number of H-pyrrole nitrogens is 1. The summed E-state index contributed by atoms with van der Waals surface area (Å²) in [6, 6.07) is 9.02. The van der Waals surface area contributed by atoms with Crippen molar-refractivity contribution in [1.82, 2.24) is 25.0 Å². The molecule has 4 aromatic rings. The van der Waals surface area contributed by atoms with Crippen molar-refractivity contribution < 1.29 is 17.9 Å². The summed E-state index contributed by atoms with van der Waals surface area (Å²) in [5, 5.41) is 12.1. The highest BCUT2D eigenvalue weighted by Crippen LogP contribution is 2.31. The van der Waals surface area contributed by atoms with Crippen LogP contribution in [0.3, 0.4) is 0 Å². The predicted octanol–water partition coefficient (Wildman–Crippen LogP) is 3.17. The normalized spacial score (nSPS) is 11.9. The van der Waals surface area contributed by atoms with Crippen LogP contribution in [0.1, 0.15) is 5.69 Å². The molecule has 0 amide bonds. The van der Waals surface area contributed by atoms with E-state index in [4.69, 9.17) is 5.73 Å². The van der Waals surface area contributed by atoms with Crippen molar-refractivity contribution in [1.29, 1.82) is 0 Å². The van der Waals surface area contributed by atoms with Gasteiger partial charge in [-0.3, -0.25) is 5.10 Å². The van der Waals surface area contributed by atoms with Gasteiger partial charge in [0.25, 0.3) is 0 Å². The second-order valence-corrected chi connectivity index (χ2v) is 5.63. The first kappa shape index (κ1) is 17.0. The van der Waals surface area contributed by atoms with E-state index >= 15 is 0 Å². The third-order valence-corrected chi connectivity index (χ3v) is 3.94. The summed E-state index contributed by atoms with van der Waals surface area (Å²) in [6.45, 7) is 0.172. The van der Waals surface area contributed by atoms with Crippen LogP contribution in [0.4, 0.5) is 13.2 Å². The Hall–Kier alpha value is -3.40. The highest BCUT2D eigenvalue weighted by atomic mass is 19.4. The number of rotatable bonds is 4. The number of nitrogens with zero attached hydrogens (tertiary/aromatic N) is 4. The van der Waals surface area contributed by atoms with Crippen molar-refractivity contribution in [3.63, 3.8) is 0 Å². The van der Waals surface area contributed by atoms with Crippen LogP contribution in [0.15, 0.2) is 48.8 Å². The Balaban J connectivity index is 1.82. The molecule has 0 fully saturated rings. The monoisotopic (exact) mass is 374 g/mol. The number of aromatic nitrogens is 5. The van der Waals surface area contributed by atoms with E-state index in [1.165, 1.54) is 28.9 Å². The summed E-state index contributed by atoms with van der Waals surface area (Å²) in [4.78, 5) is 4.38. The number of aromatic amines is 1. The molecule has 7 nitrogen and oxygen atoms in total. The van der Waals surface area contributed by atoms with E-state index in [2.05, 4.69) is 25.0 Å². The predicted molar refractivity (Wildman–Crippen MR) is 91.0 cm³/mol. The summed E-state index contributed by atoms with van der Waals surface area (Å²) in [6.07, 6.45) is -1.49. The average molecular weight is 374 g/mol. The van der Waals surface area contributed by atoms with Crippen molar-refractivity contribution in [2.75, 3.05) is 0 Å². The SMILES string of the molecule is NCc1nn(-c2ccc(OC(F)(F)F)cc2)c2nccc(-c3ccn[nH]3)c12. The molecule has 27 heavy (non-hydrogen) atoms. The summed E-state index contributed by atoms with van der Waals surface area (Å²) < 4.78 is 42.4. The summed E-state index contributed by atoms with van der Waals surface area (Å²) >= 11 is 0. The number of pyridine rings is 1. The van der Waals surface area contributed by atoms with Gasteiger partial charge in [0.1, 0.15) is 5.75 Å². The Labute approximate surface area is 150 Å². The number of hydrogen-bond acceptors (Lipinski definition) is 5. The number of hydrogen-bond donors (Lipinski definition) is 2. The van der Waals surface area contributed by atoms with E-state index in [0.717, 1.165) is 16.6 Å². The number of fused-ring (bicyclic) bond motifs is 1. The fourth-order valence-corrected chi connectivity index (χ4v) is 2.86. The third kappa shape index (κ3) is 3.22. The van der Waals surface area contributed by atoms with Crippen molar-refractivity contribution in [3.05, 3.63) is 54.5 Å². The lowest BCUT2D eigenvalue weighted by Gasteiger charge is -2.09. The molecule has 0 aliphatic rings. The van der Waals surface area contributed by atoms with Crippen molar-refractivity contribution >= 4 is 11.0 Å². The van der Waals surface area contributed by atoms with E-state index in [1.54, 1.807) is 12.4 Å². The molecule has 3 aromatic heterocycles. The maximum Gasteiger partial charge on any atom is 0.573 e. The lowest BCUT2D eigenvalue weighted by molar-refractivity contribution is -0.274. The number of ether oxygens (including phenoxy) is 1. The Bertz CT molecular complexity index is 1070. The van der Waals surface area contributed by atoms with Gasteiger partial charge in [0.15, 0.2) is 5.65 Å². The van der Waals surface area contributed by atoms with Crippen LogP contribution in [0.2, 0.25) is 0 Å². The summed E-state index contributed by atoms with van der Waals surface area (Å²) in [5.74, 6) is -0.312. The molecule has 3 heterocycles. The highest BCUT2D eigenvalue weighted by molar-refractivity contribution is 5.94. The van der Waals surface area contributed by atoms with Gasteiger partial charge in [-0.15, -0.1) is 13.2 Å². The topological polar surface area (TPSA) is 94.6 Å². The largest absolute Gasteiger partial charge is 0.573 e. The minimum atomic E-state index is -4.74. The molecule has 0 bridgehead atoms. The lowest BCUT2D eigenvalue weighted by atomic mass is 10.1. The first-order valence-corrected chi connectivity index (χ1v) is 7.89. The number of benzene rings is 1. The molecule has 138 valence electrons. The van der Waals surface area contributed by atoms with E-state index in [0.29, 0.717) is 17.0 Å². The van der Waals surface area contributed by atoms with E-state index in [-0.39, 0.29) is 12.3 Å². The first-order chi connectivity index (χ1) is 13.0. The van der Waals surface area contributed by atoms with Gasteiger partial charge in [0.2, 0.25) is 0 Å². The van der Waals surface area contributed by atoms with Crippen molar-refractivity contribution in [2.24, 2.45) is 5.73 Å². The zero-order valence-electron chi connectivity index (χ0n) is 13.7. The van der Waals surface area contributed by atoms with Gasteiger partial charge in [-0.2, -0.15) is 10.2 Å². The molecule has 0 unspecified atom stereocenters. The molecule has 10 heteroatoms. The summed E-state index contributed by atoms with van der Waals surface area (Å²) in [5.41, 5.74) is 9.14. The Morgan fingerprint density at radius 3 is 2.48 bits per heavy atom. The van der Waals surface area contributed by atoms with Crippen LogP contribution in [-0.2, 0) is 6.54 Å². The van der Waals surface area contributed by atoms with Gasteiger partial charge in [-0.25, -0.2) is 9.67 Å². The van der Waals surface area contributed by atoms with Crippen LogP contribution in [0, 0.1) is 0 Å². The molecule has 4 rings (SSSR count). The summed E-state index contributed by atoms with van der Waals surface area (Å²) in [7, 11) is 0. The minimum absolute atomic E-state index is 0.172. The number of nitrogens with one attached hydrogen (secondary N) is 1. The van der Waals surface area contributed by atoms with Crippen LogP contribution in [-0.4, -0.2) is 31.3 Å². The Morgan fingerprint density at radius 2 is 1.85 bits per heavy atom. The standard InChI is InChI=1S/C17H13F3N6O/c18-17(19,20)27-11-3-1-10(2-4-11)26-16-15(14(9-21)25-26)12(5-7-22-16)13-6-8-23-24-13/h1-8H,9,21H2,(H,23,24). The molecule has 0 saturated heterocycles. The zero-order chi connectivity index (χ0) is 19.0. The fourth-order valence-electron chi connectivity index (χ4n) is 2.86. The molecule has 1 aromatic carbocycles. The molecule has 0 atom stereocenters. The molecule has 0 aliphatic heterocycles. The molecular formula is C17H13F3N6O. The van der Waals surface area contributed by atoms with Crippen LogP contribution < -0.4 is 10.5 Å². The van der Waals surface area contributed by atoms with Crippen molar-refractivity contribution in [3.8, 4) is 22.7 Å². The Kier molecular flexibility index (Phi) is 4.04. The molecular weight excluding hydrogens is 361 g/mol. The molecule has 0 aliphatic carbocycles. The fraction of sp³-hybridized carbons (Fsp3) is 0.118. The number of alkyl halides is 3. The Morgan fingerprint density at radius 1 is 1.07 bits per heavy atom. The maximum atomic E-state index is 12.3. The second kappa shape index (κ2) is 6.40. The van der Waals surface area contributed by atoms with Gasteiger partial charge < -0.3 is 10.5 Å². The van der Waals surface area contributed by atoms with Crippen LogP contribution in [0.25, 0.3) is 28.0 Å². The second-order valence-electron chi connectivity index (χ2n) is 5.63. The molecule has 3 N–H and O–H groups in total.